The van der Waals surface area contributed by atoms with E-state index < -0.39 is 17.6 Å². The van der Waals surface area contributed by atoms with Gasteiger partial charge in [-0.25, -0.2) is 4.39 Å². The Morgan fingerprint density at radius 3 is 2.77 bits per heavy atom. The van der Waals surface area contributed by atoms with E-state index in [0.29, 0.717) is 19.6 Å². The first-order valence-corrected chi connectivity index (χ1v) is 8.59. The van der Waals surface area contributed by atoms with Gasteiger partial charge in [-0.2, -0.15) is 18.3 Å². The number of benzene rings is 1. The minimum atomic E-state index is -4.48. The first kappa shape index (κ1) is 18.8. The summed E-state index contributed by atoms with van der Waals surface area (Å²) in [6.45, 7) is 1.90. The molecule has 26 heavy (non-hydrogen) atoms. The van der Waals surface area contributed by atoms with Crippen LogP contribution >= 0.6 is 0 Å². The molecule has 0 bridgehead atoms. The van der Waals surface area contributed by atoms with Crippen LogP contribution in [0.3, 0.4) is 0 Å². The Labute approximate surface area is 149 Å². The number of rotatable bonds is 5. The zero-order chi connectivity index (χ0) is 18.7. The number of aliphatic hydroxyl groups is 1. The first-order chi connectivity index (χ1) is 12.4. The van der Waals surface area contributed by atoms with Gasteiger partial charge in [0, 0.05) is 30.8 Å². The van der Waals surface area contributed by atoms with Crippen LogP contribution in [-0.2, 0) is 19.3 Å². The van der Waals surface area contributed by atoms with Crippen molar-refractivity contribution in [2.24, 2.45) is 0 Å². The lowest BCUT2D eigenvalue weighted by Gasteiger charge is -2.32. The fourth-order valence-electron chi connectivity index (χ4n) is 3.38. The largest absolute Gasteiger partial charge is 0.416 e. The Balaban J connectivity index is 1.70. The van der Waals surface area contributed by atoms with E-state index in [4.69, 9.17) is 5.11 Å². The third-order valence-electron chi connectivity index (χ3n) is 4.68. The number of hydrogen-bond donors (Lipinski definition) is 1. The normalized spacial score (nSPS) is 19.0. The van der Waals surface area contributed by atoms with E-state index in [9.17, 15) is 17.6 Å². The van der Waals surface area contributed by atoms with E-state index in [0.717, 1.165) is 36.7 Å². The zero-order valence-corrected chi connectivity index (χ0v) is 14.2. The molecule has 3 rings (SSSR count). The minimum Gasteiger partial charge on any atom is -0.394 e. The highest BCUT2D eigenvalue weighted by molar-refractivity contribution is 5.27. The molecule has 0 amide bonds. The van der Waals surface area contributed by atoms with E-state index in [1.165, 1.54) is 0 Å². The summed E-state index contributed by atoms with van der Waals surface area (Å²) in [4.78, 5) is 1.97. The maximum atomic E-state index is 14.0. The van der Waals surface area contributed by atoms with E-state index in [-0.39, 0.29) is 24.6 Å². The van der Waals surface area contributed by atoms with Gasteiger partial charge in [-0.3, -0.25) is 9.58 Å². The van der Waals surface area contributed by atoms with Gasteiger partial charge in [0.2, 0.25) is 0 Å². The van der Waals surface area contributed by atoms with Crippen LogP contribution in [0.15, 0.2) is 30.5 Å². The molecule has 0 saturated carbocycles. The molecule has 2 heterocycles. The lowest BCUT2D eigenvalue weighted by Crippen LogP contribution is -2.34. The number of likely N-dealkylation sites (tertiary alicyclic amines) is 1. The lowest BCUT2D eigenvalue weighted by molar-refractivity contribution is -0.137. The molecule has 1 fully saturated rings. The smallest absolute Gasteiger partial charge is 0.394 e. The lowest BCUT2D eigenvalue weighted by atomic mass is 9.94. The highest BCUT2D eigenvalue weighted by atomic mass is 19.4. The number of alkyl halides is 3. The molecule has 1 atom stereocenters. The summed E-state index contributed by atoms with van der Waals surface area (Å²) in [5.74, 6) is -0.468. The van der Waals surface area contributed by atoms with E-state index >= 15 is 0 Å². The van der Waals surface area contributed by atoms with Crippen molar-refractivity contribution in [3.05, 3.63) is 53.1 Å². The average molecular weight is 371 g/mol. The molecular formula is C18H21F4N3O. The summed E-state index contributed by atoms with van der Waals surface area (Å²) in [6.07, 6.45) is -0.876. The van der Waals surface area contributed by atoms with Crippen LogP contribution in [0.2, 0.25) is 0 Å². The molecule has 1 aromatic heterocycles. The predicted molar refractivity (Wildman–Crippen MR) is 88.0 cm³/mol. The van der Waals surface area contributed by atoms with Crippen LogP contribution in [0.4, 0.5) is 17.6 Å². The molecule has 8 heteroatoms. The fourth-order valence-corrected chi connectivity index (χ4v) is 3.38. The zero-order valence-electron chi connectivity index (χ0n) is 14.2. The molecule has 1 aromatic carbocycles. The molecule has 0 aliphatic carbocycles. The number of piperidine rings is 1. The van der Waals surface area contributed by atoms with Crippen LogP contribution in [0.25, 0.3) is 0 Å². The van der Waals surface area contributed by atoms with E-state index in [2.05, 4.69) is 5.10 Å². The molecule has 1 N–H and O–H groups in total. The number of aromatic nitrogens is 2. The molecule has 1 saturated heterocycles. The Kier molecular flexibility index (Phi) is 5.62. The Morgan fingerprint density at radius 2 is 2.04 bits per heavy atom. The summed E-state index contributed by atoms with van der Waals surface area (Å²) in [5.41, 5.74) is 0.129. The molecule has 142 valence electrons. The molecule has 1 aliphatic rings. The number of nitrogens with zero attached hydrogens (tertiary/aromatic N) is 3. The van der Waals surface area contributed by atoms with Crippen LogP contribution < -0.4 is 0 Å². The van der Waals surface area contributed by atoms with Gasteiger partial charge in [0.1, 0.15) is 5.82 Å². The molecule has 4 nitrogen and oxygen atoms in total. The monoisotopic (exact) mass is 371 g/mol. The summed E-state index contributed by atoms with van der Waals surface area (Å²) in [7, 11) is 0. The van der Waals surface area contributed by atoms with Gasteiger partial charge >= 0.3 is 6.18 Å². The van der Waals surface area contributed by atoms with Gasteiger partial charge in [0.15, 0.2) is 0 Å². The van der Waals surface area contributed by atoms with Crippen molar-refractivity contribution in [1.29, 1.82) is 0 Å². The molecule has 0 spiro atoms. The summed E-state index contributed by atoms with van der Waals surface area (Å²) in [5, 5.41) is 13.4. The van der Waals surface area contributed by atoms with Gasteiger partial charge in [-0.05, 0) is 43.7 Å². The minimum absolute atomic E-state index is 0.00668. The first-order valence-electron chi connectivity index (χ1n) is 8.59. The van der Waals surface area contributed by atoms with Gasteiger partial charge in [0.05, 0.1) is 24.4 Å². The van der Waals surface area contributed by atoms with Crippen molar-refractivity contribution in [2.45, 2.75) is 38.0 Å². The molecule has 0 unspecified atom stereocenters. The Bertz CT molecular complexity index is 744. The Morgan fingerprint density at radius 1 is 1.23 bits per heavy atom. The van der Waals surface area contributed by atoms with Crippen molar-refractivity contribution in [3.63, 3.8) is 0 Å². The van der Waals surface area contributed by atoms with E-state index in [1.807, 2.05) is 11.0 Å². The molecule has 2 aromatic rings. The maximum Gasteiger partial charge on any atom is 0.416 e. The van der Waals surface area contributed by atoms with Gasteiger partial charge in [-0.1, -0.05) is 0 Å². The fraction of sp³-hybridized carbons (Fsp3) is 0.500. The maximum absolute atomic E-state index is 14.0. The van der Waals surface area contributed by atoms with Crippen molar-refractivity contribution in [1.82, 2.24) is 14.7 Å². The summed E-state index contributed by atoms with van der Waals surface area (Å²) >= 11 is 0. The van der Waals surface area contributed by atoms with Crippen molar-refractivity contribution in [3.8, 4) is 0 Å². The molecular weight excluding hydrogens is 350 g/mol. The third-order valence-corrected chi connectivity index (χ3v) is 4.68. The van der Waals surface area contributed by atoms with Gasteiger partial charge in [-0.15, -0.1) is 0 Å². The van der Waals surface area contributed by atoms with Crippen molar-refractivity contribution < 1.29 is 22.7 Å². The van der Waals surface area contributed by atoms with Crippen LogP contribution in [0.1, 0.15) is 35.6 Å². The second kappa shape index (κ2) is 7.75. The Hall–Kier alpha value is -1.93. The standard InChI is InChI=1S/C18H21F4N3O/c19-16-4-3-15(18(20,21)22)10-14(16)12-24-6-1-2-13(11-24)17-5-7-25(23-17)8-9-26/h3-5,7,10,13,26H,1-2,6,8-9,11-12H2/t13-/m1/s1. The van der Waals surface area contributed by atoms with Crippen molar-refractivity contribution in [2.75, 3.05) is 19.7 Å². The second-order valence-corrected chi connectivity index (χ2v) is 6.61. The molecule has 0 radical (unpaired) electrons. The van der Waals surface area contributed by atoms with Gasteiger partial charge < -0.3 is 5.11 Å². The molecule has 1 aliphatic heterocycles. The summed E-state index contributed by atoms with van der Waals surface area (Å²) < 4.78 is 54.2. The third kappa shape index (κ3) is 4.42. The average Bonchev–Trinajstić information content (AvgIpc) is 3.05. The number of halogens is 4. The highest BCUT2D eigenvalue weighted by Gasteiger charge is 2.31. The number of aliphatic hydroxyl groups excluding tert-OH is 1. The van der Waals surface area contributed by atoms with Gasteiger partial charge in [0.25, 0.3) is 0 Å². The van der Waals surface area contributed by atoms with Crippen molar-refractivity contribution >= 4 is 0 Å². The van der Waals surface area contributed by atoms with E-state index in [1.54, 1.807) is 10.9 Å². The van der Waals surface area contributed by atoms with Crippen LogP contribution in [0.5, 0.6) is 0 Å². The quantitative estimate of drug-likeness (QED) is 0.819. The number of hydrogen-bond acceptors (Lipinski definition) is 3. The second-order valence-electron chi connectivity index (χ2n) is 6.61. The summed E-state index contributed by atoms with van der Waals surface area (Å²) in [6, 6.07) is 4.45. The van der Waals surface area contributed by atoms with Crippen LogP contribution in [-0.4, -0.2) is 39.5 Å². The SMILES string of the molecule is OCCn1ccc([C@@H]2CCCN(Cc3cc(C(F)(F)F)ccc3F)C2)n1. The predicted octanol–water partition coefficient (Wildman–Crippen LogP) is 3.41. The van der Waals surface area contributed by atoms with Crippen LogP contribution in [0, 0.1) is 5.82 Å². The topological polar surface area (TPSA) is 41.3 Å². The highest BCUT2D eigenvalue weighted by Crippen LogP contribution is 2.32.